The second-order valence-electron chi connectivity index (χ2n) is 7.22. The predicted octanol–water partition coefficient (Wildman–Crippen LogP) is 2.79. The number of methoxy groups -OCH3 is 1. The Morgan fingerprint density at radius 2 is 1.85 bits per heavy atom. The molecule has 0 fully saturated rings. The molecule has 1 amide bonds. The minimum atomic E-state index is -0.970. The molecule has 1 heterocycles. The number of unbranched alkanes of at least 4 members (excludes halogenated alkanes) is 2. The largest absolute Gasteiger partial charge is 0.369 e. The highest BCUT2D eigenvalue weighted by molar-refractivity contribution is 8.00. The average Bonchev–Trinajstić information content (AvgIpc) is 2.61. The first-order chi connectivity index (χ1) is 12.7. The zero-order chi connectivity index (χ0) is 20.4. The summed E-state index contributed by atoms with van der Waals surface area (Å²) in [6.07, 6.45) is 3.32. The van der Waals surface area contributed by atoms with Crippen LogP contribution in [0.2, 0.25) is 0 Å². The number of nitrogens with zero attached hydrogens (tertiary/aromatic N) is 1. The number of rotatable bonds is 12. The van der Waals surface area contributed by atoms with Gasteiger partial charge in [-0.05, 0) is 59.2 Å². The van der Waals surface area contributed by atoms with Crippen LogP contribution in [-0.4, -0.2) is 47.7 Å². The van der Waals surface area contributed by atoms with Gasteiger partial charge < -0.3 is 15.8 Å². The third-order valence-electron chi connectivity index (χ3n) is 4.38. The van der Waals surface area contributed by atoms with E-state index in [0.717, 1.165) is 35.5 Å². The van der Waals surface area contributed by atoms with Crippen LogP contribution in [0, 0.1) is 13.8 Å². The highest BCUT2D eigenvalue weighted by atomic mass is 32.2. The maximum absolute atomic E-state index is 12.8. The number of nitrogens with two attached hydrogens (primary N) is 1. The fourth-order valence-corrected chi connectivity index (χ4v) is 3.56. The molecule has 0 saturated heterocycles. The fraction of sp³-hybridized carbons (Fsp3) is 0.650. The molecule has 7 heteroatoms. The van der Waals surface area contributed by atoms with Crippen LogP contribution in [0.4, 0.5) is 0 Å². The van der Waals surface area contributed by atoms with Gasteiger partial charge in [-0.25, -0.2) is 0 Å². The Labute approximate surface area is 167 Å². The lowest BCUT2D eigenvalue weighted by Crippen LogP contribution is -2.50. The molecule has 0 radical (unpaired) electrons. The number of carbonyl (C=O) groups excluding carboxylic acids is 2. The first kappa shape index (κ1) is 23.6. The van der Waals surface area contributed by atoms with E-state index >= 15 is 0 Å². The quantitative estimate of drug-likeness (QED) is 0.417. The summed E-state index contributed by atoms with van der Waals surface area (Å²) in [6.45, 7) is 7.89. The molecule has 0 spiro atoms. The second kappa shape index (κ2) is 11.4. The molecule has 0 aliphatic carbocycles. The highest BCUT2D eigenvalue weighted by Gasteiger charge is 2.30. The van der Waals surface area contributed by atoms with E-state index < -0.39 is 11.6 Å². The Bertz CT molecular complexity index is 615. The van der Waals surface area contributed by atoms with Crippen molar-refractivity contribution in [2.75, 3.05) is 19.4 Å². The second-order valence-corrected chi connectivity index (χ2v) is 8.27. The molecule has 3 N–H and O–H groups in total. The lowest BCUT2D eigenvalue weighted by Gasteiger charge is -2.25. The average molecular weight is 396 g/mol. The number of aromatic nitrogens is 1. The number of ketones is 1. The third-order valence-corrected chi connectivity index (χ3v) is 5.38. The van der Waals surface area contributed by atoms with Crippen LogP contribution in [0.25, 0.3) is 0 Å². The van der Waals surface area contributed by atoms with Gasteiger partial charge in [-0.3, -0.25) is 14.6 Å². The highest BCUT2D eigenvalue weighted by Crippen LogP contribution is 2.21. The first-order valence-electron chi connectivity index (χ1n) is 9.36. The molecular weight excluding hydrogens is 362 g/mol. The molecule has 1 atom stereocenters. The van der Waals surface area contributed by atoms with Crippen molar-refractivity contribution in [1.29, 1.82) is 0 Å². The summed E-state index contributed by atoms with van der Waals surface area (Å²) in [5.41, 5.74) is 6.42. The van der Waals surface area contributed by atoms with Crippen molar-refractivity contribution in [2.45, 2.75) is 69.9 Å². The molecule has 0 aliphatic rings. The van der Waals surface area contributed by atoms with Gasteiger partial charge in [-0.15, -0.1) is 11.8 Å². The Balaban J connectivity index is 2.74. The number of carbonyl (C=O) groups is 2. The summed E-state index contributed by atoms with van der Waals surface area (Å²) in [5, 5.41) is 2.87. The van der Waals surface area contributed by atoms with Crippen LogP contribution in [-0.2, 0) is 14.3 Å². The SMILES string of the molecule is COC(C)(C)C(=O)N[C@@H](CCCCCN)C(=O)CSc1cc(C)nc(C)c1. The van der Waals surface area contributed by atoms with E-state index in [1.165, 1.54) is 18.9 Å². The van der Waals surface area contributed by atoms with Gasteiger partial charge >= 0.3 is 0 Å². The molecule has 0 saturated carbocycles. The summed E-state index contributed by atoms with van der Waals surface area (Å²) < 4.78 is 5.23. The maximum atomic E-state index is 12.8. The van der Waals surface area contributed by atoms with Gasteiger partial charge in [-0.2, -0.15) is 0 Å². The van der Waals surface area contributed by atoms with E-state index in [4.69, 9.17) is 10.5 Å². The number of aryl methyl sites for hydroxylation is 2. The van der Waals surface area contributed by atoms with Crippen molar-refractivity contribution in [1.82, 2.24) is 10.3 Å². The van der Waals surface area contributed by atoms with Gasteiger partial charge in [0.25, 0.3) is 5.91 Å². The lowest BCUT2D eigenvalue weighted by atomic mass is 10.0. The fourth-order valence-electron chi connectivity index (χ4n) is 2.54. The zero-order valence-electron chi connectivity index (χ0n) is 17.1. The number of pyridine rings is 1. The van der Waals surface area contributed by atoms with Crippen molar-refractivity contribution in [3.05, 3.63) is 23.5 Å². The van der Waals surface area contributed by atoms with E-state index in [1.54, 1.807) is 13.8 Å². The van der Waals surface area contributed by atoms with Gasteiger partial charge in [0.1, 0.15) is 5.60 Å². The van der Waals surface area contributed by atoms with E-state index in [-0.39, 0.29) is 11.7 Å². The number of nitrogens with one attached hydrogen (secondary N) is 1. The van der Waals surface area contributed by atoms with E-state index in [1.807, 2.05) is 26.0 Å². The minimum absolute atomic E-state index is 0.0140. The minimum Gasteiger partial charge on any atom is -0.369 e. The first-order valence-corrected chi connectivity index (χ1v) is 10.3. The van der Waals surface area contributed by atoms with Crippen LogP contribution in [0.5, 0.6) is 0 Å². The molecule has 6 nitrogen and oxygen atoms in total. The van der Waals surface area contributed by atoms with Gasteiger partial charge in [0.15, 0.2) is 5.78 Å². The monoisotopic (exact) mass is 395 g/mol. The molecule has 1 rings (SSSR count). The Morgan fingerprint density at radius 3 is 2.41 bits per heavy atom. The maximum Gasteiger partial charge on any atom is 0.252 e. The van der Waals surface area contributed by atoms with Crippen LogP contribution >= 0.6 is 11.8 Å². The molecule has 152 valence electrons. The summed E-state index contributed by atoms with van der Waals surface area (Å²) in [5.74, 6) is 0.0425. The Morgan fingerprint density at radius 1 is 1.22 bits per heavy atom. The van der Waals surface area contributed by atoms with Crippen molar-refractivity contribution >= 4 is 23.5 Å². The molecule has 0 aliphatic heterocycles. The van der Waals surface area contributed by atoms with Crippen LogP contribution < -0.4 is 11.1 Å². The smallest absolute Gasteiger partial charge is 0.252 e. The summed E-state index contributed by atoms with van der Waals surface area (Å²) in [4.78, 5) is 30.6. The van der Waals surface area contributed by atoms with Crippen molar-refractivity contribution in [2.24, 2.45) is 5.73 Å². The van der Waals surface area contributed by atoms with Crippen LogP contribution in [0.3, 0.4) is 0 Å². The van der Waals surface area contributed by atoms with Crippen molar-refractivity contribution < 1.29 is 14.3 Å². The number of amides is 1. The van der Waals surface area contributed by atoms with Crippen molar-refractivity contribution in [3.8, 4) is 0 Å². The van der Waals surface area contributed by atoms with Gasteiger partial charge in [0.2, 0.25) is 0 Å². The summed E-state index contributed by atoms with van der Waals surface area (Å²) in [6, 6.07) is 3.42. The van der Waals surface area contributed by atoms with Gasteiger partial charge in [0, 0.05) is 23.4 Å². The van der Waals surface area contributed by atoms with E-state index in [2.05, 4.69) is 10.3 Å². The van der Waals surface area contributed by atoms with Crippen LogP contribution in [0.15, 0.2) is 17.0 Å². The number of Topliss-reactive ketones (excluding diaryl/α,β-unsaturated/α-hetero) is 1. The third kappa shape index (κ3) is 8.41. The van der Waals surface area contributed by atoms with Crippen LogP contribution in [0.1, 0.15) is 50.9 Å². The molecular formula is C20H33N3O3S. The predicted molar refractivity (Wildman–Crippen MR) is 110 cm³/mol. The molecule has 1 aromatic heterocycles. The van der Waals surface area contributed by atoms with E-state index in [9.17, 15) is 9.59 Å². The number of thioether (sulfide) groups is 1. The molecule has 0 bridgehead atoms. The van der Waals surface area contributed by atoms with Gasteiger partial charge in [-0.1, -0.05) is 12.8 Å². The van der Waals surface area contributed by atoms with Crippen molar-refractivity contribution in [3.63, 3.8) is 0 Å². The molecule has 0 unspecified atom stereocenters. The Hall–Kier alpha value is -1.44. The summed E-state index contributed by atoms with van der Waals surface area (Å²) in [7, 11) is 1.49. The lowest BCUT2D eigenvalue weighted by molar-refractivity contribution is -0.141. The van der Waals surface area contributed by atoms with E-state index in [0.29, 0.717) is 18.7 Å². The number of ether oxygens (including phenoxy) is 1. The summed E-state index contributed by atoms with van der Waals surface area (Å²) >= 11 is 1.48. The zero-order valence-corrected chi connectivity index (χ0v) is 17.9. The Kier molecular flexibility index (Phi) is 9.98. The topological polar surface area (TPSA) is 94.3 Å². The standard InChI is InChI=1S/C20H33N3O3S/c1-14-11-16(12-15(2)22-14)27-13-18(24)17(9-7-6-8-10-21)23-19(25)20(3,4)26-5/h11-12,17H,6-10,13,21H2,1-5H3,(H,23,25)/t17-/m0/s1. The number of hydrogen-bond donors (Lipinski definition) is 2. The van der Waals surface area contributed by atoms with Gasteiger partial charge in [0.05, 0.1) is 11.8 Å². The molecule has 27 heavy (non-hydrogen) atoms. The molecule has 0 aromatic carbocycles. The normalized spacial score (nSPS) is 12.7. The molecule has 1 aromatic rings. The number of hydrogen-bond acceptors (Lipinski definition) is 6.